The van der Waals surface area contributed by atoms with Gasteiger partial charge in [0.05, 0.1) is 0 Å². The standard InChI is InChI=1S/C43H52.C2H6/c1-8-18-39(41-22-13-11-19-32(41)4)26-25-38-21-17-24-40(34(38)6)33(5)29-35(31-43(7)27-15-16-28-43)30-37(10-3)42-23-14-12-20-36(42)9-2;1-2/h11-14,17-26,29-30H,5,8-10,15-16,27-28,31H2,1-4,6-7H3;1-2H3/b26-25-,35-29+,37-30+,39-18-;. The number of aryl methyl sites for hydroxylation is 2. The van der Waals surface area contributed by atoms with Gasteiger partial charge in [-0.15, -0.1) is 0 Å². The highest BCUT2D eigenvalue weighted by atomic mass is 14.3. The smallest absolute Gasteiger partial charge is 0.0155 e. The maximum atomic E-state index is 4.65. The quantitative estimate of drug-likeness (QED) is 0.182. The summed E-state index contributed by atoms with van der Waals surface area (Å²) in [6, 6.07) is 24.2. The molecule has 0 amide bonds. The van der Waals surface area contributed by atoms with Crippen molar-refractivity contribution in [2.75, 3.05) is 0 Å². The minimum absolute atomic E-state index is 0.364. The molecule has 0 heteroatoms. The van der Waals surface area contributed by atoms with E-state index in [1.807, 2.05) is 13.8 Å². The molecule has 0 unspecified atom stereocenters. The summed E-state index contributed by atoms with van der Waals surface area (Å²) in [5.74, 6) is 0. The van der Waals surface area contributed by atoms with Crippen LogP contribution in [-0.4, -0.2) is 0 Å². The van der Waals surface area contributed by atoms with Gasteiger partial charge in [0.25, 0.3) is 0 Å². The maximum absolute atomic E-state index is 4.65. The molecule has 0 aliphatic heterocycles. The molecule has 238 valence electrons. The molecule has 0 nitrogen and oxygen atoms in total. The van der Waals surface area contributed by atoms with Crippen LogP contribution in [0.3, 0.4) is 0 Å². The van der Waals surface area contributed by atoms with Gasteiger partial charge in [0.2, 0.25) is 0 Å². The number of benzene rings is 3. The molecule has 0 N–H and O–H groups in total. The first-order chi connectivity index (χ1) is 21.8. The van der Waals surface area contributed by atoms with Crippen LogP contribution < -0.4 is 0 Å². The fraction of sp³-hybridized carbons (Fsp3) is 0.378. The summed E-state index contributed by atoms with van der Waals surface area (Å²) >= 11 is 0. The topological polar surface area (TPSA) is 0 Å². The molecule has 0 radical (unpaired) electrons. The molecular weight excluding hydrogens is 540 g/mol. The maximum Gasteiger partial charge on any atom is -0.0155 e. The number of hydrogen-bond donors (Lipinski definition) is 0. The van der Waals surface area contributed by atoms with Crippen LogP contribution in [-0.2, 0) is 6.42 Å². The summed E-state index contributed by atoms with van der Waals surface area (Å²) in [6.45, 7) is 22.3. The second-order valence-corrected chi connectivity index (χ2v) is 12.7. The lowest BCUT2D eigenvalue weighted by Crippen LogP contribution is -2.11. The molecule has 0 atom stereocenters. The molecule has 1 aliphatic carbocycles. The highest BCUT2D eigenvalue weighted by molar-refractivity contribution is 5.83. The van der Waals surface area contributed by atoms with Gasteiger partial charge < -0.3 is 0 Å². The Hall–Kier alpha value is -3.64. The third kappa shape index (κ3) is 9.67. The van der Waals surface area contributed by atoms with E-state index in [1.165, 1.54) is 81.3 Å². The van der Waals surface area contributed by atoms with Crippen LogP contribution in [0.2, 0.25) is 0 Å². The minimum Gasteiger partial charge on any atom is -0.0911 e. The van der Waals surface area contributed by atoms with Crippen molar-refractivity contribution in [1.82, 2.24) is 0 Å². The van der Waals surface area contributed by atoms with E-state index in [9.17, 15) is 0 Å². The number of allylic oxidation sites excluding steroid dienone is 8. The zero-order valence-corrected chi connectivity index (χ0v) is 29.6. The van der Waals surface area contributed by atoms with Crippen molar-refractivity contribution in [1.29, 1.82) is 0 Å². The molecule has 1 fully saturated rings. The van der Waals surface area contributed by atoms with Crippen molar-refractivity contribution in [2.24, 2.45) is 5.41 Å². The molecule has 0 aromatic heterocycles. The van der Waals surface area contributed by atoms with Gasteiger partial charge in [0.1, 0.15) is 0 Å². The Morgan fingerprint density at radius 1 is 0.800 bits per heavy atom. The van der Waals surface area contributed by atoms with Crippen LogP contribution in [0, 0.1) is 19.3 Å². The van der Waals surface area contributed by atoms with Crippen molar-refractivity contribution in [3.63, 3.8) is 0 Å². The highest BCUT2D eigenvalue weighted by Crippen LogP contribution is 2.44. The van der Waals surface area contributed by atoms with Gasteiger partial charge in [-0.2, -0.15) is 0 Å². The van der Waals surface area contributed by atoms with Gasteiger partial charge in [0, 0.05) is 0 Å². The van der Waals surface area contributed by atoms with E-state index in [4.69, 9.17) is 0 Å². The van der Waals surface area contributed by atoms with Gasteiger partial charge in [-0.1, -0.05) is 158 Å². The van der Waals surface area contributed by atoms with Crippen molar-refractivity contribution < 1.29 is 0 Å². The summed E-state index contributed by atoms with van der Waals surface area (Å²) in [7, 11) is 0. The lowest BCUT2D eigenvalue weighted by molar-refractivity contribution is 0.336. The molecule has 4 rings (SSSR count). The predicted octanol–water partition coefficient (Wildman–Crippen LogP) is 13.8. The third-order valence-electron chi connectivity index (χ3n) is 9.33. The highest BCUT2D eigenvalue weighted by Gasteiger charge is 2.29. The van der Waals surface area contributed by atoms with E-state index in [0.29, 0.717) is 5.41 Å². The number of rotatable bonds is 12. The monoisotopic (exact) mass is 598 g/mol. The second kappa shape index (κ2) is 17.7. The van der Waals surface area contributed by atoms with Crippen molar-refractivity contribution in [2.45, 2.75) is 107 Å². The average Bonchev–Trinajstić information content (AvgIpc) is 3.49. The molecule has 3 aromatic rings. The lowest BCUT2D eigenvalue weighted by atomic mass is 9.80. The zero-order chi connectivity index (χ0) is 32.8. The Kier molecular flexibility index (Phi) is 14.1. The van der Waals surface area contributed by atoms with Crippen molar-refractivity contribution in [3.05, 3.63) is 142 Å². The van der Waals surface area contributed by atoms with Gasteiger partial charge in [0.15, 0.2) is 0 Å². The summed E-state index contributed by atoms with van der Waals surface area (Å²) in [5.41, 5.74) is 14.8. The molecule has 0 heterocycles. The third-order valence-corrected chi connectivity index (χ3v) is 9.33. The van der Waals surface area contributed by atoms with E-state index in [1.54, 1.807) is 0 Å². The molecule has 0 bridgehead atoms. The van der Waals surface area contributed by atoms with Crippen LogP contribution in [0.4, 0.5) is 0 Å². The number of hydrogen-bond acceptors (Lipinski definition) is 0. The zero-order valence-electron chi connectivity index (χ0n) is 29.6. The SMILES string of the molecule is C=C(/C=C(\C=C(/CC)c1ccccc1CC)CC1(C)CCCC1)c1cccc(/C=C\C(=C\CC)c2ccccc2C)c1C.CC. The Bertz CT molecular complexity index is 1530. The molecule has 0 spiro atoms. The van der Waals surface area contributed by atoms with Gasteiger partial charge in [-0.3, -0.25) is 0 Å². The summed E-state index contributed by atoms with van der Waals surface area (Å²) in [5, 5.41) is 0. The van der Waals surface area contributed by atoms with E-state index < -0.39 is 0 Å². The first-order valence-corrected chi connectivity index (χ1v) is 17.5. The molecular formula is C45H58. The Balaban J connectivity index is 0.00000271. The van der Waals surface area contributed by atoms with Crippen LogP contribution in [0.25, 0.3) is 22.8 Å². The van der Waals surface area contributed by atoms with Crippen LogP contribution in [0.1, 0.15) is 125 Å². The first-order valence-electron chi connectivity index (χ1n) is 17.5. The van der Waals surface area contributed by atoms with Gasteiger partial charge in [-0.05, 0) is 119 Å². The Morgan fingerprint density at radius 2 is 1.44 bits per heavy atom. The van der Waals surface area contributed by atoms with E-state index >= 15 is 0 Å². The van der Waals surface area contributed by atoms with E-state index in [0.717, 1.165) is 31.3 Å². The molecule has 1 aliphatic rings. The molecule has 3 aromatic carbocycles. The fourth-order valence-corrected chi connectivity index (χ4v) is 6.83. The molecule has 0 saturated heterocycles. The molecule has 1 saturated carbocycles. The summed E-state index contributed by atoms with van der Waals surface area (Å²) in [6.07, 6.45) is 21.3. The van der Waals surface area contributed by atoms with Crippen LogP contribution >= 0.6 is 0 Å². The summed E-state index contributed by atoms with van der Waals surface area (Å²) in [4.78, 5) is 0. The Morgan fingerprint density at radius 3 is 2.09 bits per heavy atom. The average molecular weight is 599 g/mol. The van der Waals surface area contributed by atoms with Gasteiger partial charge >= 0.3 is 0 Å². The fourth-order valence-electron chi connectivity index (χ4n) is 6.83. The summed E-state index contributed by atoms with van der Waals surface area (Å²) < 4.78 is 0. The van der Waals surface area contributed by atoms with Crippen LogP contribution in [0.15, 0.2) is 103 Å². The second-order valence-electron chi connectivity index (χ2n) is 12.7. The van der Waals surface area contributed by atoms with E-state index in [-0.39, 0.29) is 0 Å². The lowest BCUT2D eigenvalue weighted by Gasteiger charge is -2.25. The largest absolute Gasteiger partial charge is 0.0911 e. The molecule has 45 heavy (non-hydrogen) atoms. The minimum atomic E-state index is 0.364. The van der Waals surface area contributed by atoms with Crippen LogP contribution in [0.5, 0.6) is 0 Å². The normalized spacial score (nSPS) is 15.2. The first kappa shape index (κ1) is 35.8. The van der Waals surface area contributed by atoms with Crippen molar-refractivity contribution in [3.8, 4) is 0 Å². The predicted molar refractivity (Wildman–Crippen MR) is 203 cm³/mol. The van der Waals surface area contributed by atoms with E-state index in [2.05, 4.69) is 145 Å². The van der Waals surface area contributed by atoms with Gasteiger partial charge in [-0.25, -0.2) is 0 Å². The Labute approximate surface area is 276 Å². The van der Waals surface area contributed by atoms with Crippen molar-refractivity contribution >= 4 is 22.8 Å².